The number of nitrogens with zero attached hydrogens (tertiary/aromatic N) is 2. The number of rotatable bonds is 3. The summed E-state index contributed by atoms with van der Waals surface area (Å²) in [6, 6.07) is 17.8. The van der Waals surface area contributed by atoms with Crippen LogP contribution in [-0.4, -0.2) is 27.4 Å². The zero-order chi connectivity index (χ0) is 17.2. The van der Waals surface area contributed by atoms with Crippen LogP contribution in [0.4, 0.5) is 0 Å². The Kier molecular flexibility index (Phi) is 4.34. The van der Waals surface area contributed by atoms with Crippen LogP contribution >= 0.6 is 11.3 Å². The van der Waals surface area contributed by atoms with Gasteiger partial charge in [0.2, 0.25) is 0 Å². The maximum absolute atomic E-state index is 12.8. The van der Waals surface area contributed by atoms with Gasteiger partial charge in [-0.1, -0.05) is 54.6 Å². The summed E-state index contributed by atoms with van der Waals surface area (Å²) >= 11 is 1.50. The molecule has 0 bridgehead atoms. The number of aromatic nitrogens is 1. The van der Waals surface area contributed by atoms with Crippen molar-refractivity contribution in [3.8, 4) is 0 Å². The number of amides is 1. The van der Waals surface area contributed by atoms with E-state index in [1.807, 2.05) is 47.8 Å². The van der Waals surface area contributed by atoms with Crippen LogP contribution < -0.4 is 0 Å². The summed E-state index contributed by atoms with van der Waals surface area (Å²) in [5.41, 5.74) is 3.55. The third-order valence-corrected chi connectivity index (χ3v) is 5.27. The number of carbonyl (C=O) groups excluding carboxylic acids is 1. The van der Waals surface area contributed by atoms with E-state index in [9.17, 15) is 9.90 Å². The van der Waals surface area contributed by atoms with Crippen LogP contribution in [0.15, 0.2) is 60.0 Å². The molecule has 0 unspecified atom stereocenters. The quantitative estimate of drug-likeness (QED) is 0.787. The fourth-order valence-electron chi connectivity index (χ4n) is 3.16. The van der Waals surface area contributed by atoms with E-state index < -0.39 is 6.10 Å². The first-order valence-electron chi connectivity index (χ1n) is 8.24. The summed E-state index contributed by atoms with van der Waals surface area (Å²) in [5, 5.41) is 13.1. The van der Waals surface area contributed by atoms with Gasteiger partial charge in [-0.15, -0.1) is 11.3 Å². The summed E-state index contributed by atoms with van der Waals surface area (Å²) in [6.45, 7) is 0.818. The molecule has 126 valence electrons. The number of β-amino-alcohol motifs (C(OH)–C–C–N with tert-alkyl or cyclic N) is 1. The fourth-order valence-corrected chi connectivity index (χ4v) is 3.96. The number of fused-ring (bicyclic) bond motifs is 1. The van der Waals surface area contributed by atoms with E-state index in [1.54, 1.807) is 4.90 Å². The molecule has 0 saturated carbocycles. The van der Waals surface area contributed by atoms with Crippen molar-refractivity contribution in [1.29, 1.82) is 0 Å². The molecule has 3 aromatic rings. The number of benzene rings is 2. The van der Waals surface area contributed by atoms with Gasteiger partial charge in [0.25, 0.3) is 5.91 Å². The van der Waals surface area contributed by atoms with Crippen LogP contribution in [0.1, 0.15) is 38.3 Å². The topological polar surface area (TPSA) is 53.4 Å². The van der Waals surface area contributed by atoms with Crippen molar-refractivity contribution >= 4 is 17.2 Å². The Balaban J connectivity index is 1.50. The molecule has 1 aliphatic rings. The molecule has 2 heterocycles. The van der Waals surface area contributed by atoms with E-state index in [1.165, 1.54) is 16.9 Å². The highest BCUT2D eigenvalue weighted by molar-refractivity contribution is 7.09. The largest absolute Gasteiger partial charge is 0.387 e. The highest BCUT2D eigenvalue weighted by Gasteiger charge is 2.28. The second-order valence-electron chi connectivity index (χ2n) is 6.19. The first-order valence-corrected chi connectivity index (χ1v) is 9.12. The van der Waals surface area contributed by atoms with Crippen LogP contribution in [0.3, 0.4) is 0 Å². The standard InChI is InChI=1S/C20H18N2O2S/c23-18-12-22(11-15-8-4-5-9-16(15)18)20(24)17-13-25-19(21-17)10-14-6-2-1-3-7-14/h1-9,13,18,23H,10-12H2/t18-/m0/s1. The summed E-state index contributed by atoms with van der Waals surface area (Å²) in [7, 11) is 0. The molecule has 1 N–H and O–H groups in total. The molecule has 0 saturated heterocycles. The van der Waals surface area contributed by atoms with Crippen molar-refractivity contribution in [3.05, 3.63) is 87.4 Å². The molecule has 0 radical (unpaired) electrons. The van der Waals surface area contributed by atoms with E-state index >= 15 is 0 Å². The van der Waals surface area contributed by atoms with Crippen molar-refractivity contribution < 1.29 is 9.90 Å². The molecule has 1 atom stereocenters. The number of aliphatic hydroxyl groups is 1. The Morgan fingerprint density at radius 2 is 1.92 bits per heavy atom. The van der Waals surface area contributed by atoms with Crippen molar-refractivity contribution in [2.45, 2.75) is 19.1 Å². The zero-order valence-electron chi connectivity index (χ0n) is 13.6. The molecule has 1 aliphatic heterocycles. The van der Waals surface area contributed by atoms with Gasteiger partial charge in [0.1, 0.15) is 5.69 Å². The summed E-state index contributed by atoms with van der Waals surface area (Å²) < 4.78 is 0. The minimum atomic E-state index is -0.642. The van der Waals surface area contributed by atoms with Gasteiger partial charge in [-0.25, -0.2) is 4.98 Å². The van der Waals surface area contributed by atoms with E-state index in [4.69, 9.17) is 0 Å². The normalized spacial score (nSPS) is 16.5. The van der Waals surface area contributed by atoms with Gasteiger partial charge in [0.05, 0.1) is 17.7 Å². The lowest BCUT2D eigenvalue weighted by atomic mass is 9.97. The molecule has 1 aromatic heterocycles. The average molecular weight is 350 g/mol. The maximum atomic E-state index is 12.8. The van der Waals surface area contributed by atoms with E-state index in [2.05, 4.69) is 17.1 Å². The monoisotopic (exact) mass is 350 g/mol. The SMILES string of the molecule is O=C(c1csc(Cc2ccccc2)n1)N1Cc2ccccc2[C@@H](O)C1. The van der Waals surface area contributed by atoms with Gasteiger partial charge in [-0.3, -0.25) is 4.79 Å². The van der Waals surface area contributed by atoms with Crippen molar-refractivity contribution in [2.75, 3.05) is 6.54 Å². The predicted molar refractivity (Wildman–Crippen MR) is 97.5 cm³/mol. The Bertz CT molecular complexity index is 891. The molecule has 5 heteroatoms. The zero-order valence-corrected chi connectivity index (χ0v) is 14.4. The number of aliphatic hydroxyl groups excluding tert-OH is 1. The highest BCUT2D eigenvalue weighted by atomic mass is 32.1. The van der Waals surface area contributed by atoms with Gasteiger partial charge in [0.15, 0.2) is 0 Å². The fraction of sp³-hybridized carbons (Fsp3) is 0.200. The first kappa shape index (κ1) is 16.0. The Hall–Kier alpha value is -2.50. The van der Waals surface area contributed by atoms with Gasteiger partial charge in [0, 0.05) is 18.3 Å². The van der Waals surface area contributed by atoms with Gasteiger partial charge >= 0.3 is 0 Å². The Labute approximate surface area is 150 Å². The summed E-state index contributed by atoms with van der Waals surface area (Å²) in [4.78, 5) is 19.0. The molecular formula is C20H18N2O2S. The Morgan fingerprint density at radius 3 is 2.76 bits per heavy atom. The number of carbonyl (C=O) groups is 1. The van der Waals surface area contributed by atoms with Crippen LogP contribution in [0.5, 0.6) is 0 Å². The lowest BCUT2D eigenvalue weighted by Crippen LogP contribution is -2.38. The molecule has 0 fully saturated rings. The van der Waals surface area contributed by atoms with Gasteiger partial charge in [-0.2, -0.15) is 0 Å². The van der Waals surface area contributed by atoms with Crippen LogP contribution in [0.25, 0.3) is 0 Å². The molecule has 4 rings (SSSR count). The lowest BCUT2D eigenvalue weighted by molar-refractivity contribution is 0.0545. The second-order valence-corrected chi connectivity index (χ2v) is 7.13. The van der Waals surface area contributed by atoms with Crippen LogP contribution in [0, 0.1) is 0 Å². The van der Waals surface area contributed by atoms with Crippen LogP contribution in [-0.2, 0) is 13.0 Å². The van der Waals surface area contributed by atoms with E-state index in [0.717, 1.165) is 22.6 Å². The third kappa shape index (κ3) is 3.34. The third-order valence-electron chi connectivity index (χ3n) is 4.42. The number of hydrogen-bond acceptors (Lipinski definition) is 4. The first-order chi connectivity index (χ1) is 12.2. The predicted octanol–water partition coefficient (Wildman–Crippen LogP) is 3.42. The van der Waals surface area contributed by atoms with E-state index in [-0.39, 0.29) is 5.91 Å². The van der Waals surface area contributed by atoms with Crippen molar-refractivity contribution in [2.24, 2.45) is 0 Å². The van der Waals surface area contributed by atoms with Gasteiger partial charge < -0.3 is 10.0 Å². The molecule has 25 heavy (non-hydrogen) atoms. The van der Waals surface area contributed by atoms with E-state index in [0.29, 0.717) is 18.8 Å². The molecule has 0 spiro atoms. The number of hydrogen-bond donors (Lipinski definition) is 1. The maximum Gasteiger partial charge on any atom is 0.273 e. The van der Waals surface area contributed by atoms with Crippen LogP contribution in [0.2, 0.25) is 0 Å². The minimum Gasteiger partial charge on any atom is -0.387 e. The van der Waals surface area contributed by atoms with Gasteiger partial charge in [-0.05, 0) is 16.7 Å². The molecule has 2 aromatic carbocycles. The smallest absolute Gasteiger partial charge is 0.273 e. The highest BCUT2D eigenvalue weighted by Crippen LogP contribution is 2.27. The number of thiazole rings is 1. The lowest BCUT2D eigenvalue weighted by Gasteiger charge is -2.31. The molecule has 4 nitrogen and oxygen atoms in total. The van der Waals surface area contributed by atoms with Crippen molar-refractivity contribution in [3.63, 3.8) is 0 Å². The molecule has 1 amide bonds. The molecular weight excluding hydrogens is 332 g/mol. The second kappa shape index (κ2) is 6.78. The van der Waals surface area contributed by atoms with Crippen molar-refractivity contribution in [1.82, 2.24) is 9.88 Å². The average Bonchev–Trinajstić information content (AvgIpc) is 3.10. The summed E-state index contributed by atoms with van der Waals surface area (Å²) in [6.07, 6.45) is 0.0841. The molecule has 0 aliphatic carbocycles. The minimum absolute atomic E-state index is 0.121. The Morgan fingerprint density at radius 1 is 1.16 bits per heavy atom. The summed E-state index contributed by atoms with van der Waals surface area (Å²) in [5.74, 6) is -0.121.